The summed E-state index contributed by atoms with van der Waals surface area (Å²) in [5.74, 6) is 0.675. The number of aryl methyl sites for hydroxylation is 1. The maximum atomic E-state index is 9.44. The van der Waals surface area contributed by atoms with E-state index in [-0.39, 0.29) is 6.10 Å². The molecule has 0 saturated carbocycles. The van der Waals surface area contributed by atoms with Crippen LogP contribution in [0.1, 0.15) is 49.0 Å². The van der Waals surface area contributed by atoms with E-state index in [4.69, 9.17) is 0 Å². The molecule has 0 radical (unpaired) electrons. The van der Waals surface area contributed by atoms with E-state index in [2.05, 4.69) is 19.1 Å². The largest absolute Gasteiger partial charge is 0.389 e. The van der Waals surface area contributed by atoms with Crippen LogP contribution in [0.15, 0.2) is 18.2 Å². The van der Waals surface area contributed by atoms with Crippen LogP contribution in [0.2, 0.25) is 0 Å². The standard InChI is InChI=1S/C12H16O/c1-8-3-4-10-5-6-11(9(2)13)7-12(8)10/h5-9,13H,3-4H2,1-2H3. The summed E-state index contributed by atoms with van der Waals surface area (Å²) in [4.78, 5) is 0. The van der Waals surface area contributed by atoms with Gasteiger partial charge in [-0.05, 0) is 42.4 Å². The van der Waals surface area contributed by atoms with E-state index in [0.29, 0.717) is 5.92 Å². The van der Waals surface area contributed by atoms with E-state index < -0.39 is 0 Å². The Kier molecular flexibility index (Phi) is 2.12. The molecule has 1 N–H and O–H groups in total. The van der Waals surface area contributed by atoms with Crippen LogP contribution in [-0.2, 0) is 6.42 Å². The third-order valence-corrected chi connectivity index (χ3v) is 3.03. The first kappa shape index (κ1) is 8.76. The Labute approximate surface area is 79.4 Å². The molecule has 0 saturated heterocycles. The molecule has 13 heavy (non-hydrogen) atoms. The molecule has 1 aliphatic carbocycles. The topological polar surface area (TPSA) is 20.2 Å². The van der Waals surface area contributed by atoms with E-state index in [0.717, 1.165) is 5.56 Å². The average molecular weight is 176 g/mol. The fraction of sp³-hybridized carbons (Fsp3) is 0.500. The van der Waals surface area contributed by atoms with Crippen LogP contribution in [0.4, 0.5) is 0 Å². The predicted molar refractivity (Wildman–Crippen MR) is 53.8 cm³/mol. The van der Waals surface area contributed by atoms with Gasteiger partial charge in [0.15, 0.2) is 0 Å². The smallest absolute Gasteiger partial charge is 0.0762 e. The molecule has 0 spiro atoms. The van der Waals surface area contributed by atoms with Gasteiger partial charge in [0.05, 0.1) is 6.10 Å². The molecule has 0 heterocycles. The van der Waals surface area contributed by atoms with Crippen LogP contribution >= 0.6 is 0 Å². The van der Waals surface area contributed by atoms with Gasteiger partial charge in [-0.1, -0.05) is 25.1 Å². The van der Waals surface area contributed by atoms with Crippen molar-refractivity contribution in [2.45, 2.75) is 38.7 Å². The lowest BCUT2D eigenvalue weighted by Gasteiger charge is -2.09. The Hall–Kier alpha value is -0.820. The second kappa shape index (κ2) is 3.15. The Balaban J connectivity index is 2.42. The molecule has 70 valence electrons. The molecule has 1 aromatic rings. The molecule has 2 atom stereocenters. The minimum absolute atomic E-state index is 0.335. The highest BCUT2D eigenvalue weighted by Crippen LogP contribution is 2.34. The molecule has 0 aliphatic heterocycles. The molecule has 1 aromatic carbocycles. The average Bonchev–Trinajstić information content (AvgIpc) is 2.47. The normalized spacial score (nSPS) is 22.8. The van der Waals surface area contributed by atoms with Crippen molar-refractivity contribution < 1.29 is 5.11 Å². The number of rotatable bonds is 1. The van der Waals surface area contributed by atoms with Gasteiger partial charge in [-0.2, -0.15) is 0 Å². The minimum Gasteiger partial charge on any atom is -0.389 e. The summed E-state index contributed by atoms with van der Waals surface area (Å²) in [7, 11) is 0. The highest BCUT2D eigenvalue weighted by atomic mass is 16.3. The lowest BCUT2D eigenvalue weighted by molar-refractivity contribution is 0.199. The van der Waals surface area contributed by atoms with E-state index in [1.807, 2.05) is 13.0 Å². The second-order valence-corrected chi connectivity index (χ2v) is 4.07. The maximum Gasteiger partial charge on any atom is 0.0762 e. The van der Waals surface area contributed by atoms with Crippen molar-refractivity contribution in [1.29, 1.82) is 0 Å². The number of hydrogen-bond acceptors (Lipinski definition) is 1. The molecule has 1 nitrogen and oxygen atoms in total. The van der Waals surface area contributed by atoms with Crippen LogP contribution in [-0.4, -0.2) is 5.11 Å². The SMILES string of the molecule is CC(O)c1ccc2c(c1)C(C)CC2. The van der Waals surface area contributed by atoms with Crippen LogP contribution in [0.3, 0.4) is 0 Å². The van der Waals surface area contributed by atoms with Gasteiger partial charge in [0, 0.05) is 0 Å². The van der Waals surface area contributed by atoms with Gasteiger partial charge in [-0.25, -0.2) is 0 Å². The van der Waals surface area contributed by atoms with Crippen molar-refractivity contribution in [3.8, 4) is 0 Å². The fourth-order valence-electron chi connectivity index (χ4n) is 2.09. The van der Waals surface area contributed by atoms with Crippen LogP contribution in [0.25, 0.3) is 0 Å². The van der Waals surface area contributed by atoms with Crippen molar-refractivity contribution in [1.82, 2.24) is 0 Å². The van der Waals surface area contributed by atoms with Gasteiger partial charge < -0.3 is 5.11 Å². The van der Waals surface area contributed by atoms with Gasteiger partial charge in [0.25, 0.3) is 0 Å². The van der Waals surface area contributed by atoms with Crippen LogP contribution < -0.4 is 0 Å². The molecular formula is C12H16O. The summed E-state index contributed by atoms with van der Waals surface area (Å²) < 4.78 is 0. The fourth-order valence-corrected chi connectivity index (χ4v) is 2.09. The monoisotopic (exact) mass is 176 g/mol. The Morgan fingerprint density at radius 3 is 2.92 bits per heavy atom. The zero-order chi connectivity index (χ0) is 9.42. The molecule has 0 bridgehead atoms. The number of fused-ring (bicyclic) bond motifs is 1. The van der Waals surface area contributed by atoms with E-state index in [1.165, 1.54) is 24.0 Å². The van der Waals surface area contributed by atoms with Gasteiger partial charge in [0.2, 0.25) is 0 Å². The van der Waals surface area contributed by atoms with Crippen LogP contribution in [0, 0.1) is 0 Å². The molecule has 0 fully saturated rings. The highest BCUT2D eigenvalue weighted by Gasteiger charge is 2.18. The maximum absolute atomic E-state index is 9.44. The number of aliphatic hydroxyl groups is 1. The van der Waals surface area contributed by atoms with Crippen molar-refractivity contribution in [3.63, 3.8) is 0 Å². The first-order valence-corrected chi connectivity index (χ1v) is 4.99. The van der Waals surface area contributed by atoms with Gasteiger partial charge >= 0.3 is 0 Å². The highest BCUT2D eigenvalue weighted by molar-refractivity contribution is 5.38. The summed E-state index contributed by atoms with van der Waals surface area (Å²) >= 11 is 0. The molecule has 1 heteroatoms. The molecule has 0 amide bonds. The van der Waals surface area contributed by atoms with Gasteiger partial charge in [-0.3, -0.25) is 0 Å². The number of aliphatic hydroxyl groups excluding tert-OH is 1. The second-order valence-electron chi connectivity index (χ2n) is 4.07. The first-order chi connectivity index (χ1) is 6.18. The van der Waals surface area contributed by atoms with Crippen LogP contribution in [0.5, 0.6) is 0 Å². The lowest BCUT2D eigenvalue weighted by Crippen LogP contribution is -1.94. The van der Waals surface area contributed by atoms with Crippen molar-refractivity contribution in [3.05, 3.63) is 34.9 Å². The first-order valence-electron chi connectivity index (χ1n) is 4.99. The zero-order valence-corrected chi connectivity index (χ0v) is 8.25. The third-order valence-electron chi connectivity index (χ3n) is 3.03. The molecule has 2 unspecified atom stereocenters. The summed E-state index contributed by atoms with van der Waals surface area (Å²) in [6.45, 7) is 4.08. The van der Waals surface area contributed by atoms with Gasteiger partial charge in [-0.15, -0.1) is 0 Å². The summed E-state index contributed by atoms with van der Waals surface area (Å²) in [6.07, 6.45) is 2.13. The van der Waals surface area contributed by atoms with Crippen molar-refractivity contribution >= 4 is 0 Å². The number of hydrogen-bond donors (Lipinski definition) is 1. The lowest BCUT2D eigenvalue weighted by atomic mass is 9.99. The van der Waals surface area contributed by atoms with E-state index in [1.54, 1.807) is 0 Å². The summed E-state index contributed by atoms with van der Waals surface area (Å²) in [6, 6.07) is 6.38. The van der Waals surface area contributed by atoms with Gasteiger partial charge in [0.1, 0.15) is 0 Å². The quantitative estimate of drug-likeness (QED) is 0.697. The summed E-state index contributed by atoms with van der Waals surface area (Å²) in [5, 5.41) is 9.44. The Morgan fingerprint density at radius 1 is 1.46 bits per heavy atom. The molecular weight excluding hydrogens is 160 g/mol. The summed E-state index contributed by atoms with van der Waals surface area (Å²) in [5.41, 5.74) is 3.96. The third kappa shape index (κ3) is 1.49. The van der Waals surface area contributed by atoms with E-state index >= 15 is 0 Å². The minimum atomic E-state index is -0.335. The molecule has 2 rings (SSSR count). The molecule has 0 aromatic heterocycles. The number of benzene rings is 1. The Morgan fingerprint density at radius 2 is 2.23 bits per heavy atom. The van der Waals surface area contributed by atoms with Crippen molar-refractivity contribution in [2.24, 2.45) is 0 Å². The predicted octanol–water partition coefficient (Wildman–Crippen LogP) is 2.79. The van der Waals surface area contributed by atoms with E-state index in [9.17, 15) is 5.11 Å². The Bertz CT molecular complexity index is 315. The van der Waals surface area contributed by atoms with Crippen molar-refractivity contribution in [2.75, 3.05) is 0 Å². The zero-order valence-electron chi connectivity index (χ0n) is 8.25. The molecule has 1 aliphatic rings.